The fourth-order valence-corrected chi connectivity index (χ4v) is 6.10. The molecule has 2 amide bonds. The molecule has 0 saturated heterocycles. The number of halogens is 3. The van der Waals surface area contributed by atoms with Crippen LogP contribution >= 0.6 is 34.8 Å². The highest BCUT2D eigenvalue weighted by Crippen LogP contribution is 2.30. The Morgan fingerprint density at radius 2 is 1.51 bits per heavy atom. The van der Waals surface area contributed by atoms with Gasteiger partial charge in [-0.25, -0.2) is 8.42 Å². The van der Waals surface area contributed by atoms with Crippen molar-refractivity contribution in [2.45, 2.75) is 64.6 Å². The summed E-state index contributed by atoms with van der Waals surface area (Å²) in [7, 11) is -4.21. The Labute approximate surface area is 257 Å². The van der Waals surface area contributed by atoms with E-state index in [0.29, 0.717) is 27.1 Å². The maximum atomic E-state index is 14.1. The summed E-state index contributed by atoms with van der Waals surface area (Å²) in [6.45, 7) is 8.31. The topological polar surface area (TPSA) is 86.8 Å². The van der Waals surface area contributed by atoms with Crippen LogP contribution in [0.5, 0.6) is 0 Å². The number of carbonyl (C=O) groups excluding carboxylic acids is 2. The lowest BCUT2D eigenvalue weighted by Crippen LogP contribution is -2.52. The largest absolute Gasteiger partial charge is 0.352 e. The maximum Gasteiger partial charge on any atom is 0.264 e. The summed E-state index contributed by atoms with van der Waals surface area (Å²) in [5, 5.41) is 3.88. The SMILES string of the molecule is CCC(C)NC(=O)C(C)N(Cc1c(Cl)cccc1Cl)C(=O)CN(c1ccc(C)c(Cl)c1)S(=O)(=O)c1ccc(C)cc1. The molecule has 0 radical (unpaired) electrons. The van der Waals surface area contributed by atoms with Crippen molar-refractivity contribution in [1.29, 1.82) is 0 Å². The van der Waals surface area contributed by atoms with Crippen LogP contribution in [0.2, 0.25) is 15.1 Å². The van der Waals surface area contributed by atoms with Crippen LogP contribution in [0.4, 0.5) is 5.69 Å². The number of amides is 2. The highest BCUT2D eigenvalue weighted by atomic mass is 35.5. The fourth-order valence-electron chi connectivity index (χ4n) is 4.00. The van der Waals surface area contributed by atoms with E-state index in [1.54, 1.807) is 56.3 Å². The van der Waals surface area contributed by atoms with Crippen molar-refractivity contribution >= 4 is 62.3 Å². The Morgan fingerprint density at radius 1 is 0.902 bits per heavy atom. The number of aryl methyl sites for hydroxylation is 2. The van der Waals surface area contributed by atoms with Gasteiger partial charge in [0.15, 0.2) is 0 Å². The van der Waals surface area contributed by atoms with Crippen LogP contribution in [0.25, 0.3) is 0 Å². The van der Waals surface area contributed by atoms with E-state index in [9.17, 15) is 18.0 Å². The molecule has 0 aliphatic heterocycles. The zero-order chi connectivity index (χ0) is 30.5. The van der Waals surface area contributed by atoms with Gasteiger partial charge < -0.3 is 10.2 Å². The van der Waals surface area contributed by atoms with Crippen LogP contribution in [0.1, 0.15) is 43.9 Å². The molecule has 0 saturated carbocycles. The highest BCUT2D eigenvalue weighted by molar-refractivity contribution is 7.92. The van der Waals surface area contributed by atoms with Crippen molar-refractivity contribution in [3.05, 3.63) is 92.4 Å². The number of carbonyl (C=O) groups is 2. The summed E-state index contributed by atoms with van der Waals surface area (Å²) >= 11 is 19.2. The molecule has 3 aromatic rings. The second kappa shape index (κ2) is 13.9. The molecule has 0 aromatic heterocycles. The summed E-state index contributed by atoms with van der Waals surface area (Å²) in [4.78, 5) is 28.5. The molecule has 41 heavy (non-hydrogen) atoms. The summed E-state index contributed by atoms with van der Waals surface area (Å²) in [6.07, 6.45) is 0.694. The van der Waals surface area contributed by atoms with E-state index in [4.69, 9.17) is 34.8 Å². The summed E-state index contributed by atoms with van der Waals surface area (Å²) in [6, 6.07) is 15.0. The first-order valence-corrected chi connectivity index (χ1v) is 15.7. The Morgan fingerprint density at radius 3 is 2.07 bits per heavy atom. The highest BCUT2D eigenvalue weighted by Gasteiger charge is 2.33. The quantitative estimate of drug-likeness (QED) is 0.251. The Balaban J connectivity index is 2.09. The van der Waals surface area contributed by atoms with Crippen LogP contribution in [0.15, 0.2) is 65.6 Å². The van der Waals surface area contributed by atoms with Gasteiger partial charge in [0.25, 0.3) is 10.0 Å². The standard InChI is InChI=1S/C30H34Cl3N3O4S/c1-6-21(4)34-30(38)22(5)35(17-25-26(31)8-7-9-27(25)32)29(37)18-36(23-13-12-20(3)28(33)16-23)41(39,40)24-14-10-19(2)11-15-24/h7-16,21-22H,6,17-18H2,1-5H3,(H,34,38). The van der Waals surface area contributed by atoms with Crippen molar-refractivity contribution in [2.24, 2.45) is 0 Å². The van der Waals surface area contributed by atoms with Gasteiger partial charge in [0.05, 0.1) is 10.6 Å². The lowest BCUT2D eigenvalue weighted by Gasteiger charge is -2.33. The fraction of sp³-hybridized carbons (Fsp3) is 0.333. The number of rotatable bonds is 11. The van der Waals surface area contributed by atoms with Crippen LogP contribution in [-0.4, -0.2) is 43.8 Å². The zero-order valence-electron chi connectivity index (χ0n) is 23.6. The predicted octanol–water partition coefficient (Wildman–Crippen LogP) is 6.79. The van der Waals surface area contributed by atoms with Gasteiger partial charge in [-0.1, -0.05) is 71.6 Å². The molecule has 0 aliphatic carbocycles. The number of sulfonamides is 1. The first kappa shape index (κ1) is 32.7. The zero-order valence-corrected chi connectivity index (χ0v) is 26.7. The van der Waals surface area contributed by atoms with Crippen LogP contribution < -0.4 is 9.62 Å². The Kier molecular flexibility index (Phi) is 11.1. The molecule has 0 fully saturated rings. The van der Waals surface area contributed by atoms with E-state index in [1.807, 2.05) is 20.8 Å². The van der Waals surface area contributed by atoms with Gasteiger partial charge in [-0.15, -0.1) is 0 Å². The molecule has 3 aromatic carbocycles. The molecule has 0 bridgehead atoms. The van der Waals surface area contributed by atoms with E-state index >= 15 is 0 Å². The second-order valence-corrected chi connectivity index (χ2v) is 13.1. The van der Waals surface area contributed by atoms with Gasteiger partial charge in [0.1, 0.15) is 12.6 Å². The van der Waals surface area contributed by atoms with E-state index in [1.165, 1.54) is 23.1 Å². The van der Waals surface area contributed by atoms with Crippen LogP contribution in [-0.2, 0) is 26.2 Å². The number of nitrogens with one attached hydrogen (secondary N) is 1. The smallest absolute Gasteiger partial charge is 0.264 e. The van der Waals surface area contributed by atoms with Gasteiger partial charge in [0.2, 0.25) is 11.8 Å². The lowest BCUT2D eigenvalue weighted by atomic mass is 10.1. The van der Waals surface area contributed by atoms with Gasteiger partial charge in [-0.3, -0.25) is 13.9 Å². The molecule has 2 unspecified atom stereocenters. The van der Waals surface area contributed by atoms with Crippen molar-refractivity contribution in [3.8, 4) is 0 Å². The first-order valence-electron chi connectivity index (χ1n) is 13.1. The molecule has 7 nitrogen and oxygen atoms in total. The summed E-state index contributed by atoms with van der Waals surface area (Å²) < 4.78 is 28.9. The Hall–Kier alpha value is -2.78. The molecule has 11 heteroatoms. The number of hydrogen-bond acceptors (Lipinski definition) is 4. The van der Waals surface area contributed by atoms with Crippen LogP contribution in [0.3, 0.4) is 0 Å². The summed E-state index contributed by atoms with van der Waals surface area (Å²) in [5.74, 6) is -1.01. The van der Waals surface area contributed by atoms with Gasteiger partial charge in [-0.2, -0.15) is 0 Å². The van der Waals surface area contributed by atoms with Gasteiger partial charge in [-0.05, 0) is 76.1 Å². The van der Waals surface area contributed by atoms with Crippen LogP contribution in [0, 0.1) is 13.8 Å². The third kappa shape index (κ3) is 7.95. The number of anilines is 1. The van der Waals surface area contributed by atoms with Crippen molar-refractivity contribution in [1.82, 2.24) is 10.2 Å². The van der Waals surface area contributed by atoms with Crippen molar-refractivity contribution in [3.63, 3.8) is 0 Å². The van der Waals surface area contributed by atoms with Gasteiger partial charge in [0, 0.05) is 33.2 Å². The second-order valence-electron chi connectivity index (χ2n) is 9.97. The normalized spacial score (nSPS) is 12.9. The number of nitrogens with zero attached hydrogens (tertiary/aromatic N) is 2. The monoisotopic (exact) mass is 637 g/mol. The van der Waals surface area contributed by atoms with Gasteiger partial charge >= 0.3 is 0 Å². The average Bonchev–Trinajstić information content (AvgIpc) is 2.92. The van der Waals surface area contributed by atoms with Crippen molar-refractivity contribution < 1.29 is 18.0 Å². The van der Waals surface area contributed by atoms with E-state index < -0.39 is 28.5 Å². The van der Waals surface area contributed by atoms with E-state index in [-0.39, 0.29) is 29.1 Å². The molecule has 1 N–H and O–H groups in total. The molecular formula is C30H34Cl3N3O4S. The predicted molar refractivity (Wildman–Crippen MR) is 166 cm³/mol. The Bertz CT molecular complexity index is 1490. The lowest BCUT2D eigenvalue weighted by molar-refractivity contribution is -0.139. The average molecular weight is 639 g/mol. The molecule has 220 valence electrons. The van der Waals surface area contributed by atoms with E-state index in [2.05, 4.69) is 5.32 Å². The number of hydrogen-bond donors (Lipinski definition) is 1. The molecular weight excluding hydrogens is 605 g/mol. The minimum atomic E-state index is -4.21. The maximum absolute atomic E-state index is 14.1. The minimum absolute atomic E-state index is 0.0101. The third-order valence-electron chi connectivity index (χ3n) is 6.89. The molecule has 3 rings (SSSR count). The third-order valence-corrected chi connectivity index (χ3v) is 9.79. The summed E-state index contributed by atoms with van der Waals surface area (Å²) in [5.41, 5.74) is 2.29. The molecule has 0 heterocycles. The molecule has 2 atom stereocenters. The van der Waals surface area contributed by atoms with E-state index in [0.717, 1.165) is 15.4 Å². The molecule has 0 spiro atoms. The molecule has 0 aliphatic rings. The van der Waals surface area contributed by atoms with Crippen molar-refractivity contribution in [2.75, 3.05) is 10.8 Å². The minimum Gasteiger partial charge on any atom is -0.352 e. The first-order chi connectivity index (χ1) is 19.3. The number of benzene rings is 3.